The van der Waals surface area contributed by atoms with Crippen LogP contribution in [-0.4, -0.2) is 30.3 Å². The van der Waals surface area contributed by atoms with Gasteiger partial charge in [-0.3, -0.25) is 4.79 Å². The molecule has 1 aromatic carbocycles. The van der Waals surface area contributed by atoms with Crippen LogP contribution in [0.5, 0.6) is 0 Å². The van der Waals surface area contributed by atoms with E-state index in [0.29, 0.717) is 19.4 Å². The zero-order chi connectivity index (χ0) is 12.6. The van der Waals surface area contributed by atoms with Gasteiger partial charge in [-0.1, -0.05) is 17.7 Å². The van der Waals surface area contributed by atoms with E-state index < -0.39 is 11.4 Å². The van der Waals surface area contributed by atoms with Crippen molar-refractivity contribution in [3.63, 3.8) is 0 Å². The summed E-state index contributed by atoms with van der Waals surface area (Å²) < 4.78 is 13.7. The van der Waals surface area contributed by atoms with Crippen molar-refractivity contribution < 1.29 is 14.3 Å². The fourth-order valence-electron chi connectivity index (χ4n) is 1.94. The molecule has 6 heteroatoms. The molecule has 2 rings (SSSR count). The highest BCUT2D eigenvalue weighted by Gasteiger charge is 2.38. The first-order chi connectivity index (χ1) is 7.93. The second-order valence-electron chi connectivity index (χ2n) is 4.00. The summed E-state index contributed by atoms with van der Waals surface area (Å²) in [5, 5.41) is 10.3. The third-order valence-electron chi connectivity index (χ3n) is 2.81. The van der Waals surface area contributed by atoms with Gasteiger partial charge in [0, 0.05) is 23.6 Å². The smallest absolute Gasteiger partial charge is 0.224 e. The summed E-state index contributed by atoms with van der Waals surface area (Å²) >= 11 is 5.61. The first-order valence-corrected chi connectivity index (χ1v) is 5.58. The van der Waals surface area contributed by atoms with Crippen molar-refractivity contribution in [3.8, 4) is 0 Å². The van der Waals surface area contributed by atoms with E-state index in [1.165, 1.54) is 12.1 Å². The number of hydrogen-bond donors (Lipinski definition) is 1. The van der Waals surface area contributed by atoms with Crippen LogP contribution in [0.2, 0.25) is 5.02 Å². The SMILES string of the molecule is [B]C(O)(c1ccc(Cl)cc1F)N1CCCC1=O. The van der Waals surface area contributed by atoms with Gasteiger partial charge in [-0.05, 0) is 18.6 Å². The molecule has 1 aliphatic rings. The number of aliphatic hydroxyl groups is 1. The van der Waals surface area contributed by atoms with Gasteiger partial charge in [-0.15, -0.1) is 0 Å². The number of rotatable bonds is 2. The van der Waals surface area contributed by atoms with Crippen molar-refractivity contribution in [2.45, 2.75) is 18.5 Å². The Hall–Kier alpha value is -1.07. The number of halogens is 2. The van der Waals surface area contributed by atoms with Crippen LogP contribution in [0, 0.1) is 5.82 Å². The Morgan fingerprint density at radius 1 is 1.53 bits per heavy atom. The molecule has 1 heterocycles. The van der Waals surface area contributed by atoms with E-state index in [4.69, 9.17) is 19.4 Å². The van der Waals surface area contributed by atoms with Crippen LogP contribution in [0.1, 0.15) is 18.4 Å². The molecule has 1 fully saturated rings. The van der Waals surface area contributed by atoms with Crippen LogP contribution in [0.25, 0.3) is 0 Å². The molecular formula is C11H10BClFNO2. The third-order valence-corrected chi connectivity index (χ3v) is 3.05. The molecule has 1 aliphatic heterocycles. The first-order valence-electron chi connectivity index (χ1n) is 5.20. The van der Waals surface area contributed by atoms with Crippen LogP contribution in [0.3, 0.4) is 0 Å². The Morgan fingerprint density at radius 2 is 2.24 bits per heavy atom. The monoisotopic (exact) mass is 253 g/mol. The minimum atomic E-state index is -2.12. The topological polar surface area (TPSA) is 40.5 Å². The van der Waals surface area contributed by atoms with E-state index in [2.05, 4.69) is 0 Å². The number of carbonyl (C=O) groups is 1. The maximum Gasteiger partial charge on any atom is 0.224 e. The summed E-state index contributed by atoms with van der Waals surface area (Å²) in [6.07, 6.45) is 0.919. The largest absolute Gasteiger partial charge is 0.376 e. The summed E-state index contributed by atoms with van der Waals surface area (Å²) in [5.74, 6) is -1.02. The molecule has 0 spiro atoms. The Morgan fingerprint density at radius 3 is 2.76 bits per heavy atom. The zero-order valence-electron chi connectivity index (χ0n) is 8.99. The lowest BCUT2D eigenvalue weighted by molar-refractivity contribution is -0.141. The average Bonchev–Trinajstić information content (AvgIpc) is 2.64. The standard InChI is InChI=1S/C11H10BClFNO2/c12-11(17,15-5-1-2-10(15)16)8-4-3-7(13)6-9(8)14/h3-4,6,17H,1-2,5H2. The highest BCUT2D eigenvalue weighted by molar-refractivity contribution is 6.30. The van der Waals surface area contributed by atoms with E-state index in [0.717, 1.165) is 11.0 Å². The molecule has 1 unspecified atom stereocenters. The van der Waals surface area contributed by atoms with Crippen molar-refractivity contribution >= 4 is 25.4 Å². The van der Waals surface area contributed by atoms with Gasteiger partial charge in [0.05, 0.1) is 0 Å². The maximum absolute atomic E-state index is 13.7. The minimum absolute atomic E-state index is 0.155. The second kappa shape index (κ2) is 4.31. The molecule has 2 radical (unpaired) electrons. The Labute approximate surface area is 105 Å². The molecule has 1 amide bonds. The van der Waals surface area contributed by atoms with Gasteiger partial charge >= 0.3 is 0 Å². The molecule has 0 aromatic heterocycles. The van der Waals surface area contributed by atoms with Gasteiger partial charge in [0.25, 0.3) is 0 Å². The highest BCUT2D eigenvalue weighted by atomic mass is 35.5. The molecule has 1 saturated heterocycles. The Kier molecular flexibility index (Phi) is 3.14. The Bertz CT molecular complexity index is 467. The zero-order valence-corrected chi connectivity index (χ0v) is 9.75. The number of hydrogen-bond acceptors (Lipinski definition) is 2. The molecule has 1 atom stereocenters. The molecule has 0 saturated carbocycles. The molecular weight excluding hydrogens is 243 g/mol. The lowest BCUT2D eigenvalue weighted by atomic mass is 9.82. The lowest BCUT2D eigenvalue weighted by Crippen LogP contribution is -2.48. The summed E-state index contributed by atoms with van der Waals surface area (Å²) in [6.45, 7) is 0.313. The van der Waals surface area contributed by atoms with Crippen molar-refractivity contribution in [3.05, 3.63) is 34.6 Å². The van der Waals surface area contributed by atoms with Gasteiger partial charge < -0.3 is 10.0 Å². The van der Waals surface area contributed by atoms with Gasteiger partial charge in [0.2, 0.25) is 5.91 Å². The third kappa shape index (κ3) is 2.17. The second-order valence-corrected chi connectivity index (χ2v) is 4.44. The van der Waals surface area contributed by atoms with E-state index in [1.54, 1.807) is 0 Å². The molecule has 1 N–H and O–H groups in total. The highest BCUT2D eigenvalue weighted by Crippen LogP contribution is 2.30. The van der Waals surface area contributed by atoms with E-state index in [1.807, 2.05) is 0 Å². The van der Waals surface area contributed by atoms with Crippen molar-refractivity contribution in [1.29, 1.82) is 0 Å². The number of benzene rings is 1. The molecule has 0 bridgehead atoms. The van der Waals surface area contributed by atoms with Crippen molar-refractivity contribution in [1.82, 2.24) is 4.90 Å². The van der Waals surface area contributed by atoms with Crippen LogP contribution >= 0.6 is 11.6 Å². The van der Waals surface area contributed by atoms with Crippen molar-refractivity contribution in [2.75, 3.05) is 6.54 Å². The number of likely N-dealkylation sites (tertiary alicyclic amines) is 1. The minimum Gasteiger partial charge on any atom is -0.376 e. The van der Waals surface area contributed by atoms with Gasteiger partial charge in [-0.25, -0.2) is 4.39 Å². The van der Waals surface area contributed by atoms with Gasteiger partial charge in [0.15, 0.2) is 7.85 Å². The number of amides is 1. The van der Waals surface area contributed by atoms with Gasteiger partial charge in [-0.2, -0.15) is 0 Å². The molecule has 3 nitrogen and oxygen atoms in total. The van der Waals surface area contributed by atoms with E-state index in [9.17, 15) is 14.3 Å². The molecule has 0 aliphatic carbocycles. The summed E-state index contributed by atoms with van der Waals surface area (Å²) in [4.78, 5) is 12.6. The van der Waals surface area contributed by atoms with Crippen LogP contribution in [-0.2, 0) is 10.4 Å². The number of carbonyl (C=O) groups excluding carboxylic acids is 1. The first kappa shape index (κ1) is 12.4. The van der Waals surface area contributed by atoms with Crippen molar-refractivity contribution in [2.24, 2.45) is 0 Å². The fourth-order valence-corrected chi connectivity index (χ4v) is 2.10. The maximum atomic E-state index is 13.7. The molecule has 17 heavy (non-hydrogen) atoms. The predicted molar refractivity (Wildman–Crippen MR) is 62.0 cm³/mol. The van der Waals surface area contributed by atoms with E-state index >= 15 is 0 Å². The fraction of sp³-hybridized carbons (Fsp3) is 0.364. The summed E-state index contributed by atoms with van der Waals surface area (Å²) in [7, 11) is 5.66. The number of nitrogens with zero attached hydrogens (tertiary/aromatic N) is 1. The summed E-state index contributed by atoms with van der Waals surface area (Å²) in [5.41, 5.74) is -2.28. The van der Waals surface area contributed by atoms with Crippen LogP contribution in [0.4, 0.5) is 4.39 Å². The average molecular weight is 253 g/mol. The predicted octanol–water partition coefficient (Wildman–Crippen LogP) is 1.37. The normalized spacial score (nSPS) is 19.5. The summed E-state index contributed by atoms with van der Waals surface area (Å²) in [6, 6.07) is 3.75. The molecule has 88 valence electrons. The lowest BCUT2D eigenvalue weighted by Gasteiger charge is -2.35. The van der Waals surface area contributed by atoms with E-state index in [-0.39, 0.29) is 16.5 Å². The van der Waals surface area contributed by atoms with Crippen LogP contribution < -0.4 is 0 Å². The quantitative estimate of drug-likeness (QED) is 0.809. The van der Waals surface area contributed by atoms with Crippen LogP contribution in [0.15, 0.2) is 18.2 Å². The van der Waals surface area contributed by atoms with Gasteiger partial charge in [0.1, 0.15) is 11.4 Å². The Balaban J connectivity index is 2.40. The molecule has 1 aromatic rings.